The lowest BCUT2D eigenvalue weighted by molar-refractivity contribution is 0.340. The second-order valence-electron chi connectivity index (χ2n) is 4.34. The topological polar surface area (TPSA) is 67.4 Å². The van der Waals surface area contributed by atoms with Crippen LogP contribution in [0.3, 0.4) is 0 Å². The van der Waals surface area contributed by atoms with Crippen LogP contribution in [0.25, 0.3) is 0 Å². The van der Waals surface area contributed by atoms with Crippen LogP contribution in [-0.4, -0.2) is 22.1 Å². The zero-order valence-electron chi connectivity index (χ0n) is 12.0. The molecule has 0 radical (unpaired) electrons. The van der Waals surface area contributed by atoms with Crippen LogP contribution in [0.2, 0.25) is 0 Å². The number of rotatable bonds is 6. The van der Waals surface area contributed by atoms with Crippen molar-refractivity contribution in [3.8, 4) is 5.75 Å². The van der Waals surface area contributed by atoms with Crippen molar-refractivity contribution in [3.63, 3.8) is 0 Å². The van der Waals surface area contributed by atoms with Crippen molar-refractivity contribution in [1.82, 2.24) is 0 Å². The lowest BCUT2D eigenvalue weighted by atomic mass is 10.3. The largest absolute Gasteiger partial charge is 0.494 e. The van der Waals surface area contributed by atoms with E-state index in [-0.39, 0.29) is 4.90 Å². The van der Waals surface area contributed by atoms with E-state index in [1.165, 1.54) is 0 Å². The van der Waals surface area contributed by atoms with Crippen molar-refractivity contribution < 1.29 is 13.2 Å². The standard InChI is InChI=1S/C15H18N2O3S/c1-3-20-14-8-4-13(5-9-14)17-21(18,19)15-10-6-12(16-2)7-11-15/h4-11,16-17H,3H2,1-2H3. The van der Waals surface area contributed by atoms with E-state index in [1.54, 1.807) is 55.6 Å². The average Bonchev–Trinajstić information content (AvgIpc) is 2.49. The molecule has 0 spiro atoms. The van der Waals surface area contributed by atoms with Gasteiger partial charge in [-0.2, -0.15) is 0 Å². The first-order valence-corrected chi connectivity index (χ1v) is 8.07. The van der Waals surface area contributed by atoms with Crippen LogP contribution in [0.15, 0.2) is 53.4 Å². The Morgan fingerprint density at radius 3 is 2.05 bits per heavy atom. The summed E-state index contributed by atoms with van der Waals surface area (Å²) in [6.45, 7) is 2.47. The predicted octanol–water partition coefficient (Wildman–Crippen LogP) is 2.93. The van der Waals surface area contributed by atoms with Gasteiger partial charge < -0.3 is 10.1 Å². The zero-order valence-corrected chi connectivity index (χ0v) is 12.8. The Balaban J connectivity index is 2.16. The van der Waals surface area contributed by atoms with Gasteiger partial charge in [0.05, 0.1) is 11.5 Å². The van der Waals surface area contributed by atoms with Gasteiger partial charge >= 0.3 is 0 Å². The molecule has 112 valence electrons. The van der Waals surface area contributed by atoms with Crippen LogP contribution in [0, 0.1) is 0 Å². The fourth-order valence-corrected chi connectivity index (χ4v) is 2.86. The molecular weight excluding hydrogens is 288 g/mol. The third-order valence-electron chi connectivity index (χ3n) is 2.87. The smallest absolute Gasteiger partial charge is 0.261 e. The van der Waals surface area contributed by atoms with Crippen LogP contribution < -0.4 is 14.8 Å². The van der Waals surface area contributed by atoms with E-state index in [1.807, 2.05) is 6.92 Å². The summed E-state index contributed by atoms with van der Waals surface area (Å²) in [7, 11) is -1.80. The average molecular weight is 306 g/mol. The van der Waals surface area contributed by atoms with Crippen LogP contribution in [0.4, 0.5) is 11.4 Å². The molecule has 0 bridgehead atoms. The second-order valence-corrected chi connectivity index (χ2v) is 6.02. The maximum atomic E-state index is 12.2. The normalized spacial score (nSPS) is 11.0. The minimum Gasteiger partial charge on any atom is -0.494 e. The molecule has 0 heterocycles. The molecule has 21 heavy (non-hydrogen) atoms. The molecule has 2 aromatic carbocycles. The molecule has 2 N–H and O–H groups in total. The highest BCUT2D eigenvalue weighted by Gasteiger charge is 2.13. The first kappa shape index (κ1) is 15.2. The van der Waals surface area contributed by atoms with E-state index in [2.05, 4.69) is 10.0 Å². The Morgan fingerprint density at radius 1 is 0.952 bits per heavy atom. The Morgan fingerprint density at radius 2 is 1.52 bits per heavy atom. The number of hydrogen-bond acceptors (Lipinski definition) is 4. The van der Waals surface area contributed by atoms with Crippen LogP contribution in [0.1, 0.15) is 6.92 Å². The van der Waals surface area contributed by atoms with E-state index in [9.17, 15) is 8.42 Å². The van der Waals surface area contributed by atoms with Gasteiger partial charge in [0, 0.05) is 18.4 Å². The zero-order chi connectivity index (χ0) is 15.3. The number of benzene rings is 2. The van der Waals surface area contributed by atoms with Crippen molar-refractivity contribution in [1.29, 1.82) is 0 Å². The lowest BCUT2D eigenvalue weighted by Gasteiger charge is -2.09. The summed E-state index contributed by atoms with van der Waals surface area (Å²) in [5.41, 5.74) is 1.35. The SMILES string of the molecule is CCOc1ccc(NS(=O)(=O)c2ccc(NC)cc2)cc1. The van der Waals surface area contributed by atoms with E-state index >= 15 is 0 Å². The molecule has 0 atom stereocenters. The van der Waals surface area contributed by atoms with Crippen LogP contribution in [0.5, 0.6) is 5.75 Å². The Bertz CT molecular complexity index is 680. The van der Waals surface area contributed by atoms with Gasteiger partial charge in [0.1, 0.15) is 5.75 Å². The molecule has 6 heteroatoms. The number of nitrogens with one attached hydrogen (secondary N) is 2. The van der Waals surface area contributed by atoms with E-state index in [0.717, 1.165) is 5.69 Å². The summed E-state index contributed by atoms with van der Waals surface area (Å²) in [4.78, 5) is 0.218. The monoisotopic (exact) mass is 306 g/mol. The summed E-state index contributed by atoms with van der Waals surface area (Å²) in [5, 5.41) is 2.94. The molecule has 0 fully saturated rings. The molecule has 0 unspecified atom stereocenters. The molecule has 5 nitrogen and oxygen atoms in total. The minimum atomic E-state index is -3.58. The number of sulfonamides is 1. The van der Waals surface area contributed by atoms with Crippen molar-refractivity contribution in [2.24, 2.45) is 0 Å². The fraction of sp³-hybridized carbons (Fsp3) is 0.200. The lowest BCUT2D eigenvalue weighted by Crippen LogP contribution is -2.12. The van der Waals surface area contributed by atoms with Crippen molar-refractivity contribution in [3.05, 3.63) is 48.5 Å². The number of ether oxygens (including phenoxy) is 1. The van der Waals surface area contributed by atoms with Crippen LogP contribution >= 0.6 is 0 Å². The first-order chi connectivity index (χ1) is 10.0. The van der Waals surface area contributed by atoms with Crippen molar-refractivity contribution in [2.45, 2.75) is 11.8 Å². The molecule has 0 aliphatic heterocycles. The molecule has 0 aliphatic carbocycles. The maximum Gasteiger partial charge on any atom is 0.261 e. The van der Waals surface area contributed by atoms with Gasteiger partial charge in [-0.1, -0.05) is 0 Å². The van der Waals surface area contributed by atoms with Crippen molar-refractivity contribution in [2.75, 3.05) is 23.7 Å². The summed E-state index contributed by atoms with van der Waals surface area (Å²) in [6.07, 6.45) is 0. The summed E-state index contributed by atoms with van der Waals surface area (Å²) >= 11 is 0. The predicted molar refractivity (Wildman–Crippen MR) is 84.4 cm³/mol. The van der Waals surface area contributed by atoms with E-state index < -0.39 is 10.0 Å². The molecule has 2 rings (SSSR count). The quantitative estimate of drug-likeness (QED) is 0.861. The summed E-state index contributed by atoms with van der Waals surface area (Å²) < 4.78 is 32.4. The molecule has 2 aromatic rings. The third-order valence-corrected chi connectivity index (χ3v) is 4.27. The van der Waals surface area contributed by atoms with E-state index in [0.29, 0.717) is 18.0 Å². The Labute approximate surface area is 125 Å². The van der Waals surface area contributed by atoms with Gasteiger partial charge in [0.25, 0.3) is 10.0 Å². The number of anilines is 2. The molecular formula is C15H18N2O3S. The summed E-state index contributed by atoms with van der Waals surface area (Å²) in [5.74, 6) is 0.707. The van der Waals surface area contributed by atoms with Crippen molar-refractivity contribution >= 4 is 21.4 Å². The molecule has 0 amide bonds. The van der Waals surface area contributed by atoms with Crippen LogP contribution in [-0.2, 0) is 10.0 Å². The third kappa shape index (κ3) is 3.88. The fourth-order valence-electron chi connectivity index (χ4n) is 1.80. The van der Waals surface area contributed by atoms with Gasteiger partial charge in [-0.3, -0.25) is 4.72 Å². The molecule has 0 aliphatic rings. The highest BCUT2D eigenvalue weighted by atomic mass is 32.2. The van der Waals surface area contributed by atoms with Gasteiger partial charge in [0.15, 0.2) is 0 Å². The van der Waals surface area contributed by atoms with Gasteiger partial charge in [-0.15, -0.1) is 0 Å². The van der Waals surface area contributed by atoms with E-state index in [4.69, 9.17) is 4.74 Å². The Kier molecular flexibility index (Phi) is 4.70. The molecule has 0 saturated heterocycles. The van der Waals surface area contributed by atoms with Gasteiger partial charge in [-0.25, -0.2) is 8.42 Å². The minimum absolute atomic E-state index is 0.218. The highest BCUT2D eigenvalue weighted by Crippen LogP contribution is 2.20. The first-order valence-electron chi connectivity index (χ1n) is 6.58. The molecule has 0 saturated carbocycles. The number of hydrogen-bond donors (Lipinski definition) is 2. The maximum absolute atomic E-state index is 12.2. The van der Waals surface area contributed by atoms with Gasteiger partial charge in [-0.05, 0) is 55.5 Å². The Hall–Kier alpha value is -2.21. The molecule has 0 aromatic heterocycles. The highest BCUT2D eigenvalue weighted by molar-refractivity contribution is 7.92. The summed E-state index contributed by atoms with van der Waals surface area (Å²) in [6, 6.07) is 13.3. The second kappa shape index (κ2) is 6.49. The van der Waals surface area contributed by atoms with Gasteiger partial charge in [0.2, 0.25) is 0 Å².